The first-order valence-corrected chi connectivity index (χ1v) is 8.38. The van der Waals surface area contributed by atoms with Gasteiger partial charge in [-0.25, -0.2) is 9.97 Å². The average Bonchev–Trinajstić information content (AvgIpc) is 3.15. The van der Waals surface area contributed by atoms with Gasteiger partial charge in [0, 0.05) is 30.8 Å². The van der Waals surface area contributed by atoms with Crippen LogP contribution in [0.15, 0.2) is 6.20 Å². The molecule has 6 nitrogen and oxygen atoms in total. The Labute approximate surface area is 131 Å². The first-order valence-electron chi connectivity index (χ1n) is 8.38. The summed E-state index contributed by atoms with van der Waals surface area (Å²) in [5, 5.41) is 7.26. The second-order valence-electron chi connectivity index (χ2n) is 6.29. The van der Waals surface area contributed by atoms with Crippen LogP contribution in [0.1, 0.15) is 61.7 Å². The Hall–Kier alpha value is -1.69. The van der Waals surface area contributed by atoms with Gasteiger partial charge >= 0.3 is 0 Å². The Morgan fingerprint density at radius 3 is 2.82 bits per heavy atom. The lowest BCUT2D eigenvalue weighted by molar-refractivity contribution is 0.200. The van der Waals surface area contributed by atoms with E-state index in [1.807, 2.05) is 13.1 Å². The third-order valence-corrected chi connectivity index (χ3v) is 4.41. The number of nitrogens with zero attached hydrogens (tertiary/aromatic N) is 4. The molecule has 1 fully saturated rings. The predicted octanol–water partition coefficient (Wildman–Crippen LogP) is 2.56. The van der Waals surface area contributed by atoms with Crippen molar-refractivity contribution >= 4 is 0 Å². The molecule has 0 saturated carbocycles. The number of aromatic nitrogens is 5. The Kier molecular flexibility index (Phi) is 4.87. The largest absolute Gasteiger partial charge is 0.345 e. The summed E-state index contributed by atoms with van der Waals surface area (Å²) in [4.78, 5) is 14.9. The molecule has 0 radical (unpaired) electrons. The van der Waals surface area contributed by atoms with Crippen LogP contribution in [0.5, 0.6) is 0 Å². The van der Waals surface area contributed by atoms with Crippen LogP contribution >= 0.6 is 0 Å². The molecule has 0 amide bonds. The molecule has 2 N–H and O–H groups in total. The number of piperidine rings is 1. The molecule has 0 bridgehead atoms. The van der Waals surface area contributed by atoms with Gasteiger partial charge in [0.15, 0.2) is 5.82 Å². The Balaban J connectivity index is 1.48. The van der Waals surface area contributed by atoms with Gasteiger partial charge in [0.2, 0.25) is 0 Å². The van der Waals surface area contributed by atoms with Gasteiger partial charge in [0.25, 0.3) is 0 Å². The SMILES string of the molecule is CCCCc1ncc(CN2CCC(c3n[nH]c(C)n3)CC2)[nH]1. The molecule has 120 valence electrons. The van der Waals surface area contributed by atoms with Gasteiger partial charge in [0.05, 0.1) is 0 Å². The number of nitrogens with one attached hydrogen (secondary N) is 2. The van der Waals surface area contributed by atoms with Crippen molar-refractivity contribution in [3.05, 3.63) is 29.4 Å². The standard InChI is InChI=1S/C16H26N6/c1-3-4-5-15-17-10-14(19-15)11-22-8-6-13(7-9-22)16-18-12(2)20-21-16/h10,13H,3-9,11H2,1-2H3,(H,17,19)(H,18,20,21). The molecule has 1 saturated heterocycles. The van der Waals surface area contributed by atoms with Crippen molar-refractivity contribution in [3.63, 3.8) is 0 Å². The lowest BCUT2D eigenvalue weighted by atomic mass is 9.96. The van der Waals surface area contributed by atoms with Gasteiger partial charge in [-0.05, 0) is 39.3 Å². The highest BCUT2D eigenvalue weighted by molar-refractivity contribution is 5.03. The fourth-order valence-corrected chi connectivity index (χ4v) is 3.09. The van der Waals surface area contributed by atoms with Gasteiger partial charge in [0.1, 0.15) is 11.6 Å². The summed E-state index contributed by atoms with van der Waals surface area (Å²) < 4.78 is 0. The maximum atomic E-state index is 4.48. The minimum Gasteiger partial charge on any atom is -0.345 e. The smallest absolute Gasteiger partial charge is 0.153 e. The molecule has 1 aliphatic rings. The van der Waals surface area contributed by atoms with Crippen LogP contribution in [0, 0.1) is 6.92 Å². The Morgan fingerprint density at radius 1 is 1.32 bits per heavy atom. The van der Waals surface area contributed by atoms with Crippen LogP contribution < -0.4 is 0 Å². The van der Waals surface area contributed by atoms with Gasteiger partial charge in [-0.1, -0.05) is 13.3 Å². The zero-order chi connectivity index (χ0) is 15.4. The second-order valence-corrected chi connectivity index (χ2v) is 6.29. The predicted molar refractivity (Wildman–Crippen MR) is 85.6 cm³/mol. The van der Waals surface area contributed by atoms with E-state index in [9.17, 15) is 0 Å². The molecule has 2 aromatic heterocycles. The van der Waals surface area contributed by atoms with Crippen molar-refractivity contribution in [1.82, 2.24) is 30.0 Å². The zero-order valence-corrected chi connectivity index (χ0v) is 13.6. The van der Waals surface area contributed by atoms with E-state index in [1.54, 1.807) is 0 Å². The molecule has 3 rings (SSSR count). The van der Waals surface area contributed by atoms with Gasteiger partial charge in [-0.3, -0.25) is 10.00 Å². The highest BCUT2D eigenvalue weighted by Crippen LogP contribution is 2.26. The summed E-state index contributed by atoms with van der Waals surface area (Å²) in [6.07, 6.45) is 7.74. The minimum atomic E-state index is 0.503. The van der Waals surface area contributed by atoms with Crippen molar-refractivity contribution in [2.24, 2.45) is 0 Å². The van der Waals surface area contributed by atoms with Crippen molar-refractivity contribution < 1.29 is 0 Å². The van der Waals surface area contributed by atoms with Gasteiger partial charge in [-0.15, -0.1) is 0 Å². The van der Waals surface area contributed by atoms with Crippen LogP contribution in [-0.2, 0) is 13.0 Å². The minimum absolute atomic E-state index is 0.503. The van der Waals surface area contributed by atoms with E-state index in [0.717, 1.165) is 56.4 Å². The number of imidazole rings is 1. The summed E-state index contributed by atoms with van der Waals surface area (Å²) in [6.45, 7) is 7.34. The monoisotopic (exact) mass is 302 g/mol. The number of aromatic amines is 2. The topological polar surface area (TPSA) is 73.5 Å². The summed E-state index contributed by atoms with van der Waals surface area (Å²) in [5.74, 6) is 3.53. The van der Waals surface area contributed by atoms with Crippen LogP contribution in [0.2, 0.25) is 0 Å². The van der Waals surface area contributed by atoms with Crippen LogP contribution in [0.3, 0.4) is 0 Å². The second kappa shape index (κ2) is 7.05. The first-order chi connectivity index (χ1) is 10.7. The van der Waals surface area contributed by atoms with E-state index in [2.05, 4.69) is 37.0 Å². The third kappa shape index (κ3) is 3.74. The van der Waals surface area contributed by atoms with Crippen molar-refractivity contribution in [1.29, 1.82) is 0 Å². The van der Waals surface area contributed by atoms with E-state index in [-0.39, 0.29) is 0 Å². The van der Waals surface area contributed by atoms with Crippen LogP contribution in [0.25, 0.3) is 0 Å². The number of H-pyrrole nitrogens is 2. The molecule has 0 aromatic carbocycles. The summed E-state index contributed by atoms with van der Waals surface area (Å²) >= 11 is 0. The first kappa shape index (κ1) is 15.2. The van der Waals surface area contributed by atoms with Gasteiger partial charge < -0.3 is 4.98 Å². The Bertz CT molecular complexity index is 579. The maximum Gasteiger partial charge on any atom is 0.153 e. The van der Waals surface area contributed by atoms with Gasteiger partial charge in [-0.2, -0.15) is 5.10 Å². The quantitative estimate of drug-likeness (QED) is 0.860. The summed E-state index contributed by atoms with van der Waals surface area (Å²) in [5.41, 5.74) is 1.23. The number of likely N-dealkylation sites (tertiary alicyclic amines) is 1. The molecule has 0 spiro atoms. The van der Waals surface area contributed by atoms with Crippen molar-refractivity contribution in [2.45, 2.75) is 58.4 Å². The third-order valence-electron chi connectivity index (χ3n) is 4.41. The van der Waals surface area contributed by atoms with E-state index in [4.69, 9.17) is 0 Å². The fourth-order valence-electron chi connectivity index (χ4n) is 3.09. The lowest BCUT2D eigenvalue weighted by Gasteiger charge is -2.30. The Morgan fingerprint density at radius 2 is 2.14 bits per heavy atom. The molecule has 0 unspecified atom stereocenters. The highest BCUT2D eigenvalue weighted by atomic mass is 15.2. The molecule has 0 aliphatic carbocycles. The van der Waals surface area contributed by atoms with Crippen LogP contribution in [0.4, 0.5) is 0 Å². The molecular weight excluding hydrogens is 276 g/mol. The molecule has 0 atom stereocenters. The molecular formula is C16H26N6. The average molecular weight is 302 g/mol. The molecule has 22 heavy (non-hydrogen) atoms. The van der Waals surface area contributed by atoms with Crippen molar-refractivity contribution in [3.8, 4) is 0 Å². The molecule has 3 heterocycles. The van der Waals surface area contributed by atoms with Crippen LogP contribution in [-0.4, -0.2) is 43.1 Å². The number of rotatable bonds is 6. The van der Waals surface area contributed by atoms with E-state index < -0.39 is 0 Å². The van der Waals surface area contributed by atoms with E-state index >= 15 is 0 Å². The summed E-state index contributed by atoms with van der Waals surface area (Å²) in [7, 11) is 0. The maximum absolute atomic E-state index is 4.48. The lowest BCUT2D eigenvalue weighted by Crippen LogP contribution is -2.32. The molecule has 6 heteroatoms. The van der Waals surface area contributed by atoms with Crippen molar-refractivity contribution in [2.75, 3.05) is 13.1 Å². The van der Waals surface area contributed by atoms with E-state index in [0.29, 0.717) is 5.92 Å². The summed E-state index contributed by atoms with van der Waals surface area (Å²) in [6, 6.07) is 0. The fraction of sp³-hybridized carbons (Fsp3) is 0.688. The number of unbranched alkanes of at least 4 members (excludes halogenated alkanes) is 1. The number of aryl methyl sites for hydroxylation is 2. The number of hydrogen-bond acceptors (Lipinski definition) is 4. The number of hydrogen-bond donors (Lipinski definition) is 2. The normalized spacial score (nSPS) is 17.2. The molecule has 1 aliphatic heterocycles. The molecule has 2 aromatic rings. The highest BCUT2D eigenvalue weighted by Gasteiger charge is 2.23. The van der Waals surface area contributed by atoms with E-state index in [1.165, 1.54) is 18.5 Å². The zero-order valence-electron chi connectivity index (χ0n) is 13.6.